The Morgan fingerprint density at radius 1 is 1.59 bits per heavy atom. The molecule has 0 aromatic carbocycles. The lowest BCUT2D eigenvalue weighted by atomic mass is 10.1. The molecule has 0 aromatic heterocycles. The highest BCUT2D eigenvalue weighted by Gasteiger charge is 2.29. The van der Waals surface area contributed by atoms with E-state index in [0.717, 1.165) is 25.9 Å². The Labute approximate surface area is 101 Å². The van der Waals surface area contributed by atoms with E-state index in [4.69, 9.17) is 4.74 Å². The van der Waals surface area contributed by atoms with Gasteiger partial charge in [-0.15, -0.1) is 0 Å². The summed E-state index contributed by atoms with van der Waals surface area (Å²) < 4.78 is 5.49. The van der Waals surface area contributed by atoms with E-state index in [2.05, 4.69) is 5.32 Å². The maximum Gasteiger partial charge on any atom is 0.242 e. The van der Waals surface area contributed by atoms with Crippen molar-refractivity contribution in [3.05, 3.63) is 0 Å². The molecule has 1 N–H and O–H groups in total. The van der Waals surface area contributed by atoms with Gasteiger partial charge >= 0.3 is 0 Å². The van der Waals surface area contributed by atoms with Crippen LogP contribution >= 0.6 is 0 Å². The molecular weight excluding hydrogens is 220 g/mol. The maximum atomic E-state index is 12.0. The summed E-state index contributed by atoms with van der Waals surface area (Å²) in [5.41, 5.74) is 0. The van der Waals surface area contributed by atoms with Crippen molar-refractivity contribution in [2.24, 2.45) is 0 Å². The van der Waals surface area contributed by atoms with Crippen LogP contribution in [-0.2, 0) is 14.3 Å². The van der Waals surface area contributed by atoms with E-state index in [9.17, 15) is 9.59 Å². The number of carbonyl (C=O) groups excluding carboxylic acids is 2. The standard InChI is InChI=1S/C12H20N2O3/c1-9-12(16)13-6-7-14(9)11(15)5-4-10-3-2-8-17-10/h9-10H,2-8H2,1H3,(H,13,16). The van der Waals surface area contributed by atoms with Gasteiger partial charge < -0.3 is 15.0 Å². The van der Waals surface area contributed by atoms with Gasteiger partial charge in [0.2, 0.25) is 11.8 Å². The fraction of sp³-hybridized carbons (Fsp3) is 0.833. The zero-order valence-corrected chi connectivity index (χ0v) is 10.3. The zero-order valence-electron chi connectivity index (χ0n) is 10.3. The van der Waals surface area contributed by atoms with Crippen LogP contribution in [0.4, 0.5) is 0 Å². The second kappa shape index (κ2) is 5.49. The quantitative estimate of drug-likeness (QED) is 0.771. The molecular formula is C12H20N2O3. The van der Waals surface area contributed by atoms with Crippen molar-refractivity contribution in [1.29, 1.82) is 0 Å². The third kappa shape index (κ3) is 2.97. The third-order valence-electron chi connectivity index (χ3n) is 3.52. The minimum Gasteiger partial charge on any atom is -0.378 e. The van der Waals surface area contributed by atoms with Crippen LogP contribution < -0.4 is 5.32 Å². The van der Waals surface area contributed by atoms with Gasteiger partial charge in [-0.1, -0.05) is 0 Å². The Morgan fingerprint density at radius 2 is 2.41 bits per heavy atom. The summed E-state index contributed by atoms with van der Waals surface area (Å²) in [4.78, 5) is 25.1. The molecule has 0 aliphatic carbocycles. The Bertz CT molecular complexity index is 300. The van der Waals surface area contributed by atoms with Crippen LogP contribution in [0.1, 0.15) is 32.6 Å². The molecule has 2 saturated heterocycles. The van der Waals surface area contributed by atoms with Crippen molar-refractivity contribution in [3.8, 4) is 0 Å². The SMILES string of the molecule is CC1C(=O)NCCN1C(=O)CCC1CCCO1. The predicted molar refractivity (Wildman–Crippen MR) is 62.4 cm³/mol. The molecule has 2 unspecified atom stereocenters. The number of ether oxygens (including phenoxy) is 1. The molecule has 2 rings (SSSR count). The van der Waals surface area contributed by atoms with Crippen LogP contribution in [0.25, 0.3) is 0 Å². The molecule has 2 fully saturated rings. The number of amides is 2. The maximum absolute atomic E-state index is 12.0. The number of nitrogens with one attached hydrogen (secondary N) is 1. The normalized spacial score (nSPS) is 29.2. The minimum atomic E-state index is -0.333. The van der Waals surface area contributed by atoms with Crippen LogP contribution in [0.5, 0.6) is 0 Å². The summed E-state index contributed by atoms with van der Waals surface area (Å²) >= 11 is 0. The van der Waals surface area contributed by atoms with Crippen molar-refractivity contribution in [2.45, 2.75) is 44.8 Å². The van der Waals surface area contributed by atoms with Crippen LogP contribution in [0.2, 0.25) is 0 Å². The van der Waals surface area contributed by atoms with Gasteiger partial charge in [0, 0.05) is 26.1 Å². The molecule has 0 radical (unpaired) electrons. The predicted octanol–water partition coefficient (Wildman–Crippen LogP) is 0.293. The highest BCUT2D eigenvalue weighted by Crippen LogP contribution is 2.18. The van der Waals surface area contributed by atoms with Gasteiger partial charge in [0.25, 0.3) is 0 Å². The van der Waals surface area contributed by atoms with E-state index in [0.29, 0.717) is 19.5 Å². The Kier molecular flexibility index (Phi) is 3.99. The lowest BCUT2D eigenvalue weighted by Gasteiger charge is -2.33. The van der Waals surface area contributed by atoms with Crippen molar-refractivity contribution in [1.82, 2.24) is 10.2 Å². The number of nitrogens with zero attached hydrogens (tertiary/aromatic N) is 1. The summed E-state index contributed by atoms with van der Waals surface area (Å²) in [6.45, 7) is 3.78. The molecule has 0 saturated carbocycles. The van der Waals surface area contributed by atoms with Gasteiger partial charge in [-0.3, -0.25) is 9.59 Å². The van der Waals surface area contributed by atoms with Gasteiger partial charge in [-0.25, -0.2) is 0 Å². The monoisotopic (exact) mass is 240 g/mol. The number of rotatable bonds is 3. The zero-order chi connectivity index (χ0) is 12.3. The molecule has 2 aliphatic rings. The fourth-order valence-corrected chi connectivity index (χ4v) is 2.42. The van der Waals surface area contributed by atoms with Crippen LogP contribution in [0.15, 0.2) is 0 Å². The third-order valence-corrected chi connectivity index (χ3v) is 3.52. The van der Waals surface area contributed by atoms with Crippen molar-refractivity contribution in [2.75, 3.05) is 19.7 Å². The molecule has 5 heteroatoms. The topological polar surface area (TPSA) is 58.6 Å². The first-order chi connectivity index (χ1) is 8.18. The molecule has 17 heavy (non-hydrogen) atoms. The van der Waals surface area contributed by atoms with Gasteiger partial charge in [0.1, 0.15) is 6.04 Å². The second-order valence-corrected chi connectivity index (χ2v) is 4.73. The molecule has 2 amide bonds. The summed E-state index contributed by atoms with van der Waals surface area (Å²) in [6, 6.07) is -0.333. The summed E-state index contributed by atoms with van der Waals surface area (Å²) in [6.07, 6.45) is 3.67. The van der Waals surface area contributed by atoms with E-state index in [1.54, 1.807) is 11.8 Å². The highest BCUT2D eigenvalue weighted by molar-refractivity contribution is 5.88. The van der Waals surface area contributed by atoms with Crippen LogP contribution in [0.3, 0.4) is 0 Å². The second-order valence-electron chi connectivity index (χ2n) is 4.73. The van der Waals surface area contributed by atoms with Crippen LogP contribution in [0, 0.1) is 0 Å². The van der Waals surface area contributed by atoms with Gasteiger partial charge in [-0.2, -0.15) is 0 Å². The molecule has 0 bridgehead atoms. The molecule has 0 spiro atoms. The van der Waals surface area contributed by atoms with Gasteiger partial charge in [0.05, 0.1) is 6.10 Å². The minimum absolute atomic E-state index is 0.0540. The first-order valence-electron chi connectivity index (χ1n) is 6.37. The Hall–Kier alpha value is -1.10. The number of hydrogen-bond donors (Lipinski definition) is 1. The molecule has 2 atom stereocenters. The molecule has 5 nitrogen and oxygen atoms in total. The van der Waals surface area contributed by atoms with Crippen molar-refractivity contribution < 1.29 is 14.3 Å². The number of hydrogen-bond acceptors (Lipinski definition) is 3. The van der Waals surface area contributed by atoms with Crippen LogP contribution in [-0.4, -0.2) is 48.6 Å². The van der Waals surface area contributed by atoms with Gasteiger partial charge in [0.15, 0.2) is 0 Å². The average molecular weight is 240 g/mol. The average Bonchev–Trinajstić information content (AvgIpc) is 2.82. The first-order valence-corrected chi connectivity index (χ1v) is 6.37. The Balaban J connectivity index is 1.79. The van der Waals surface area contributed by atoms with E-state index in [1.165, 1.54) is 0 Å². The summed E-state index contributed by atoms with van der Waals surface area (Å²) in [5.74, 6) is 0.0181. The van der Waals surface area contributed by atoms with E-state index >= 15 is 0 Å². The largest absolute Gasteiger partial charge is 0.378 e. The molecule has 0 aromatic rings. The number of carbonyl (C=O) groups is 2. The smallest absolute Gasteiger partial charge is 0.242 e. The lowest BCUT2D eigenvalue weighted by molar-refractivity contribution is -0.142. The molecule has 2 aliphatic heterocycles. The van der Waals surface area contributed by atoms with Crippen molar-refractivity contribution >= 4 is 11.8 Å². The van der Waals surface area contributed by atoms with Gasteiger partial charge in [-0.05, 0) is 26.2 Å². The molecule has 96 valence electrons. The van der Waals surface area contributed by atoms with E-state index < -0.39 is 0 Å². The molecule has 2 heterocycles. The Morgan fingerprint density at radius 3 is 3.12 bits per heavy atom. The first kappa shape index (κ1) is 12.4. The highest BCUT2D eigenvalue weighted by atomic mass is 16.5. The lowest BCUT2D eigenvalue weighted by Crippen LogP contribution is -2.55. The summed E-state index contributed by atoms with van der Waals surface area (Å²) in [7, 11) is 0. The van der Waals surface area contributed by atoms with Crippen molar-refractivity contribution in [3.63, 3.8) is 0 Å². The number of piperazine rings is 1. The van der Waals surface area contributed by atoms with E-state index in [-0.39, 0.29) is 24.0 Å². The fourth-order valence-electron chi connectivity index (χ4n) is 2.42. The van der Waals surface area contributed by atoms with E-state index in [1.807, 2.05) is 0 Å². The summed E-state index contributed by atoms with van der Waals surface area (Å²) in [5, 5.41) is 2.76.